The zero-order valence-electron chi connectivity index (χ0n) is 12.2. The van der Waals surface area contributed by atoms with E-state index in [1.807, 2.05) is 44.3 Å². The van der Waals surface area contributed by atoms with Gasteiger partial charge in [0.25, 0.3) is 0 Å². The minimum atomic E-state index is -0.306. The second-order valence-electron chi connectivity index (χ2n) is 5.63. The molecular formula is C17H23NO2. The fourth-order valence-corrected chi connectivity index (χ4v) is 2.77. The number of ketones is 1. The molecule has 3 heteroatoms. The van der Waals surface area contributed by atoms with Crippen molar-refractivity contribution in [3.05, 3.63) is 48.0 Å². The van der Waals surface area contributed by atoms with E-state index in [0.717, 1.165) is 18.4 Å². The molecule has 1 aliphatic heterocycles. The van der Waals surface area contributed by atoms with Crippen LogP contribution < -0.4 is 0 Å². The monoisotopic (exact) mass is 273 g/mol. The largest absolute Gasteiger partial charge is 0.393 e. The molecular weight excluding hydrogens is 250 g/mol. The topological polar surface area (TPSA) is 40.5 Å². The second kappa shape index (κ2) is 6.82. The molecule has 20 heavy (non-hydrogen) atoms. The van der Waals surface area contributed by atoms with E-state index >= 15 is 0 Å². The molecule has 0 radical (unpaired) electrons. The number of hydrogen-bond donors (Lipinski definition) is 1. The zero-order chi connectivity index (χ0) is 14.5. The number of aliphatic hydroxyl groups is 1. The van der Waals surface area contributed by atoms with Gasteiger partial charge >= 0.3 is 0 Å². The number of Topliss-reactive ketones (excluding diaryl/α,β-unsaturated/α-hetero) is 1. The van der Waals surface area contributed by atoms with Crippen molar-refractivity contribution < 1.29 is 9.90 Å². The summed E-state index contributed by atoms with van der Waals surface area (Å²) in [5.74, 6) is 0.171. The molecule has 3 unspecified atom stereocenters. The Labute approximate surface area is 120 Å². The molecule has 0 amide bonds. The van der Waals surface area contributed by atoms with Gasteiger partial charge in [-0.15, -0.1) is 0 Å². The van der Waals surface area contributed by atoms with Gasteiger partial charge < -0.3 is 5.11 Å². The molecule has 1 heterocycles. The van der Waals surface area contributed by atoms with Gasteiger partial charge in [-0.1, -0.05) is 42.5 Å². The summed E-state index contributed by atoms with van der Waals surface area (Å²) < 4.78 is 0. The van der Waals surface area contributed by atoms with Crippen LogP contribution in [0.15, 0.2) is 42.5 Å². The van der Waals surface area contributed by atoms with Crippen LogP contribution in [0.4, 0.5) is 0 Å². The van der Waals surface area contributed by atoms with Gasteiger partial charge in [0, 0.05) is 24.1 Å². The molecule has 0 saturated heterocycles. The first-order valence-corrected chi connectivity index (χ1v) is 7.23. The van der Waals surface area contributed by atoms with E-state index in [0.29, 0.717) is 12.5 Å². The molecule has 0 fully saturated rings. The lowest BCUT2D eigenvalue weighted by molar-refractivity contribution is 0.0864. The first-order valence-electron chi connectivity index (χ1n) is 7.23. The van der Waals surface area contributed by atoms with Crippen LogP contribution in [0, 0.1) is 0 Å². The molecule has 0 saturated carbocycles. The summed E-state index contributed by atoms with van der Waals surface area (Å²) in [6.45, 7) is 1.82. The molecule has 3 nitrogen and oxygen atoms in total. The first kappa shape index (κ1) is 14.9. The third-order valence-electron chi connectivity index (χ3n) is 3.97. The van der Waals surface area contributed by atoms with Crippen molar-refractivity contribution in [2.45, 2.75) is 44.4 Å². The summed E-state index contributed by atoms with van der Waals surface area (Å²) in [5, 5.41) is 9.55. The summed E-state index contributed by atoms with van der Waals surface area (Å²) >= 11 is 0. The molecule has 2 rings (SSSR count). The average molecular weight is 273 g/mol. The maximum Gasteiger partial charge on any atom is 0.164 e. The number of rotatable bonds is 5. The highest BCUT2D eigenvalue weighted by molar-refractivity contribution is 5.96. The Kier molecular flexibility index (Phi) is 5.10. The van der Waals surface area contributed by atoms with E-state index in [1.54, 1.807) is 0 Å². The average Bonchev–Trinajstić information content (AvgIpc) is 2.43. The van der Waals surface area contributed by atoms with Crippen molar-refractivity contribution in [1.82, 2.24) is 4.90 Å². The number of likely N-dealkylation sites (N-methyl/N-ethyl adjacent to an activating group) is 1. The van der Waals surface area contributed by atoms with Crippen LogP contribution in [-0.4, -0.2) is 41.0 Å². The highest BCUT2D eigenvalue weighted by atomic mass is 16.3. The smallest absolute Gasteiger partial charge is 0.164 e. The molecule has 1 N–H and O–H groups in total. The van der Waals surface area contributed by atoms with E-state index in [4.69, 9.17) is 0 Å². The van der Waals surface area contributed by atoms with E-state index in [9.17, 15) is 9.90 Å². The number of aliphatic hydroxyl groups excluding tert-OH is 1. The van der Waals surface area contributed by atoms with Crippen molar-refractivity contribution in [2.24, 2.45) is 0 Å². The predicted molar refractivity (Wildman–Crippen MR) is 80.8 cm³/mol. The highest BCUT2D eigenvalue weighted by Crippen LogP contribution is 2.22. The van der Waals surface area contributed by atoms with Gasteiger partial charge in [-0.3, -0.25) is 9.69 Å². The van der Waals surface area contributed by atoms with Gasteiger partial charge in [-0.05, 0) is 26.8 Å². The van der Waals surface area contributed by atoms with Gasteiger partial charge in [0.2, 0.25) is 0 Å². The molecule has 0 aromatic heterocycles. The van der Waals surface area contributed by atoms with E-state index < -0.39 is 0 Å². The van der Waals surface area contributed by atoms with Crippen molar-refractivity contribution in [3.8, 4) is 0 Å². The molecule has 0 spiro atoms. The molecule has 0 aliphatic carbocycles. The molecule has 1 aromatic carbocycles. The Hall–Kier alpha value is -1.45. The highest BCUT2D eigenvalue weighted by Gasteiger charge is 2.26. The Morgan fingerprint density at radius 3 is 2.75 bits per heavy atom. The van der Waals surface area contributed by atoms with Crippen molar-refractivity contribution in [2.75, 3.05) is 7.05 Å². The van der Waals surface area contributed by atoms with Crippen molar-refractivity contribution in [1.29, 1.82) is 0 Å². The Morgan fingerprint density at radius 2 is 2.10 bits per heavy atom. The summed E-state index contributed by atoms with van der Waals surface area (Å²) in [6, 6.07) is 9.87. The lowest BCUT2D eigenvalue weighted by Gasteiger charge is -2.36. The number of carbonyl (C=O) groups is 1. The fourth-order valence-electron chi connectivity index (χ4n) is 2.77. The number of nitrogens with zero attached hydrogens (tertiary/aromatic N) is 1. The van der Waals surface area contributed by atoms with Crippen LogP contribution in [0.5, 0.6) is 0 Å². The summed E-state index contributed by atoms with van der Waals surface area (Å²) in [7, 11) is 2.04. The van der Waals surface area contributed by atoms with E-state index in [1.165, 1.54) is 0 Å². The minimum absolute atomic E-state index is 0.125. The Morgan fingerprint density at radius 1 is 1.40 bits per heavy atom. The first-order chi connectivity index (χ1) is 9.58. The third-order valence-corrected chi connectivity index (χ3v) is 3.97. The van der Waals surface area contributed by atoms with Crippen molar-refractivity contribution in [3.63, 3.8) is 0 Å². The minimum Gasteiger partial charge on any atom is -0.393 e. The maximum atomic E-state index is 12.3. The van der Waals surface area contributed by atoms with Gasteiger partial charge in [0.1, 0.15) is 0 Å². The quantitative estimate of drug-likeness (QED) is 0.662. The van der Waals surface area contributed by atoms with Crippen LogP contribution in [0.25, 0.3) is 0 Å². The van der Waals surface area contributed by atoms with Gasteiger partial charge in [0.05, 0.1) is 6.10 Å². The third kappa shape index (κ3) is 3.78. The van der Waals surface area contributed by atoms with E-state index in [2.05, 4.69) is 17.1 Å². The normalized spacial score (nSPS) is 24.6. The maximum absolute atomic E-state index is 12.3. The predicted octanol–water partition coefficient (Wildman–Crippen LogP) is 2.66. The van der Waals surface area contributed by atoms with Crippen molar-refractivity contribution >= 4 is 5.78 Å². The second-order valence-corrected chi connectivity index (χ2v) is 5.63. The zero-order valence-corrected chi connectivity index (χ0v) is 12.2. The van der Waals surface area contributed by atoms with Crippen LogP contribution in [0.1, 0.15) is 36.5 Å². The van der Waals surface area contributed by atoms with Crippen LogP contribution in [0.2, 0.25) is 0 Å². The van der Waals surface area contributed by atoms with Crippen LogP contribution in [-0.2, 0) is 0 Å². The fraction of sp³-hybridized carbons (Fsp3) is 0.471. The van der Waals surface area contributed by atoms with Gasteiger partial charge in [0.15, 0.2) is 5.78 Å². The Balaban J connectivity index is 2.00. The standard InChI is InChI=1S/C17H23NO2/c1-13(19)11-15-9-6-10-16(18(15)2)12-17(20)14-7-4-3-5-8-14/h3-8,10,13,15-16,19H,9,11-12H2,1-2H3. The number of benzene rings is 1. The molecule has 3 atom stereocenters. The Bertz CT molecular complexity index is 467. The summed E-state index contributed by atoms with van der Waals surface area (Å²) in [5.41, 5.74) is 0.770. The summed E-state index contributed by atoms with van der Waals surface area (Å²) in [6.07, 6.45) is 6.12. The molecule has 0 bridgehead atoms. The number of carbonyl (C=O) groups excluding carboxylic acids is 1. The molecule has 1 aromatic rings. The molecule has 108 valence electrons. The SMILES string of the molecule is CC(O)CC1CC=CC(CC(=O)c2ccccc2)N1C. The lowest BCUT2D eigenvalue weighted by atomic mass is 9.94. The number of hydrogen-bond acceptors (Lipinski definition) is 3. The van der Waals surface area contributed by atoms with Gasteiger partial charge in [-0.2, -0.15) is 0 Å². The van der Waals surface area contributed by atoms with Crippen LogP contribution >= 0.6 is 0 Å². The van der Waals surface area contributed by atoms with E-state index in [-0.39, 0.29) is 17.9 Å². The summed E-state index contributed by atoms with van der Waals surface area (Å²) in [4.78, 5) is 14.5. The van der Waals surface area contributed by atoms with Crippen LogP contribution in [0.3, 0.4) is 0 Å². The molecule has 1 aliphatic rings. The lowest BCUT2D eigenvalue weighted by Crippen LogP contribution is -2.43. The van der Waals surface area contributed by atoms with Gasteiger partial charge in [-0.25, -0.2) is 0 Å².